The van der Waals surface area contributed by atoms with Gasteiger partial charge >= 0.3 is 0 Å². The van der Waals surface area contributed by atoms with Crippen molar-refractivity contribution in [3.05, 3.63) is 58.0 Å². The number of anilines is 1. The molecular weight excluding hydrogens is 392 g/mol. The molecule has 1 heterocycles. The molecule has 2 aromatic carbocycles. The van der Waals surface area contributed by atoms with E-state index in [0.717, 1.165) is 28.3 Å². The summed E-state index contributed by atoms with van der Waals surface area (Å²) in [6.07, 6.45) is 0. The molecule has 0 N–H and O–H groups in total. The lowest BCUT2D eigenvalue weighted by molar-refractivity contribution is -0.133. The molecule has 0 unspecified atom stereocenters. The van der Waals surface area contributed by atoms with Crippen molar-refractivity contribution in [3.8, 4) is 5.75 Å². The van der Waals surface area contributed by atoms with E-state index in [9.17, 15) is 4.79 Å². The second-order valence-electron chi connectivity index (χ2n) is 5.54. The summed E-state index contributed by atoms with van der Waals surface area (Å²) in [6, 6.07) is 15.3. The van der Waals surface area contributed by atoms with Crippen molar-refractivity contribution in [3.63, 3.8) is 0 Å². The third kappa shape index (κ3) is 4.02. The molecule has 0 aromatic heterocycles. The zero-order chi connectivity index (χ0) is 16.9. The highest BCUT2D eigenvalue weighted by Crippen LogP contribution is 2.26. The van der Waals surface area contributed by atoms with Crippen LogP contribution in [0.4, 0.5) is 5.69 Å². The van der Waals surface area contributed by atoms with Crippen LogP contribution in [0.25, 0.3) is 0 Å². The van der Waals surface area contributed by atoms with Gasteiger partial charge in [-0.15, -0.1) is 0 Å². The summed E-state index contributed by atoms with van der Waals surface area (Å²) < 4.78 is 6.46. The molecule has 1 aliphatic heterocycles. The topological polar surface area (TPSA) is 32.8 Å². The number of hydrogen-bond donors (Lipinski definition) is 0. The van der Waals surface area contributed by atoms with E-state index >= 15 is 0 Å². The molecule has 2 aromatic rings. The number of nitrogens with zero attached hydrogens (tertiary/aromatic N) is 2. The third-order valence-corrected chi connectivity index (χ3v) is 4.99. The molecule has 4 nitrogen and oxygen atoms in total. The molecule has 0 saturated carbocycles. The monoisotopic (exact) mass is 408 g/mol. The van der Waals surface area contributed by atoms with Gasteiger partial charge in [-0.1, -0.05) is 35.9 Å². The predicted octanol–water partition coefficient (Wildman–Crippen LogP) is 3.83. The van der Waals surface area contributed by atoms with Gasteiger partial charge in [-0.3, -0.25) is 4.79 Å². The minimum atomic E-state index is 0.00422. The SMILES string of the molecule is O=C(COc1ccccc1Br)N1CCN(c2ccccc2Cl)CC1. The molecule has 126 valence electrons. The van der Waals surface area contributed by atoms with Crippen LogP contribution in [0.2, 0.25) is 5.02 Å². The van der Waals surface area contributed by atoms with E-state index in [1.165, 1.54) is 0 Å². The number of ether oxygens (including phenoxy) is 1. The number of para-hydroxylation sites is 2. The van der Waals surface area contributed by atoms with Gasteiger partial charge in [0.25, 0.3) is 5.91 Å². The number of piperazine rings is 1. The lowest BCUT2D eigenvalue weighted by atomic mass is 10.2. The van der Waals surface area contributed by atoms with E-state index in [0.29, 0.717) is 18.8 Å². The van der Waals surface area contributed by atoms with Crippen LogP contribution in [-0.4, -0.2) is 43.6 Å². The van der Waals surface area contributed by atoms with Crippen LogP contribution in [0, 0.1) is 0 Å². The average Bonchev–Trinajstić information content (AvgIpc) is 2.61. The molecule has 0 aliphatic carbocycles. The Kier molecular flexibility index (Phi) is 5.63. The first-order chi connectivity index (χ1) is 11.6. The minimum absolute atomic E-state index is 0.00422. The quantitative estimate of drug-likeness (QED) is 0.769. The molecule has 1 amide bonds. The highest BCUT2D eigenvalue weighted by atomic mass is 79.9. The fraction of sp³-hybridized carbons (Fsp3) is 0.278. The molecule has 0 atom stereocenters. The first-order valence-corrected chi connectivity index (χ1v) is 8.97. The zero-order valence-corrected chi connectivity index (χ0v) is 15.5. The van der Waals surface area contributed by atoms with E-state index in [2.05, 4.69) is 20.8 Å². The van der Waals surface area contributed by atoms with Crippen LogP contribution in [0.5, 0.6) is 5.75 Å². The summed E-state index contributed by atoms with van der Waals surface area (Å²) in [5.41, 5.74) is 1.02. The number of carbonyl (C=O) groups excluding carboxylic acids is 1. The number of benzene rings is 2. The van der Waals surface area contributed by atoms with E-state index in [4.69, 9.17) is 16.3 Å². The summed E-state index contributed by atoms with van der Waals surface area (Å²) in [6.45, 7) is 2.93. The van der Waals surface area contributed by atoms with E-state index in [1.807, 2.05) is 53.4 Å². The van der Waals surface area contributed by atoms with Gasteiger partial charge in [0, 0.05) is 26.2 Å². The molecule has 0 spiro atoms. The molecular formula is C18H18BrClN2O2. The van der Waals surface area contributed by atoms with Gasteiger partial charge in [0.15, 0.2) is 6.61 Å². The highest BCUT2D eigenvalue weighted by Gasteiger charge is 2.22. The Balaban J connectivity index is 1.52. The Morgan fingerprint density at radius 2 is 1.71 bits per heavy atom. The van der Waals surface area contributed by atoms with Crippen LogP contribution in [0.15, 0.2) is 53.0 Å². The number of amides is 1. The Bertz CT molecular complexity index is 718. The van der Waals surface area contributed by atoms with E-state index in [-0.39, 0.29) is 12.5 Å². The van der Waals surface area contributed by atoms with Gasteiger partial charge in [0.05, 0.1) is 15.2 Å². The lowest BCUT2D eigenvalue weighted by Crippen LogP contribution is -2.50. The fourth-order valence-electron chi connectivity index (χ4n) is 2.70. The second-order valence-corrected chi connectivity index (χ2v) is 6.80. The van der Waals surface area contributed by atoms with Crippen LogP contribution < -0.4 is 9.64 Å². The molecule has 1 saturated heterocycles. The van der Waals surface area contributed by atoms with Crippen molar-refractivity contribution >= 4 is 39.1 Å². The van der Waals surface area contributed by atoms with Gasteiger partial charge in [0.2, 0.25) is 0 Å². The van der Waals surface area contributed by atoms with Crippen LogP contribution in [0.3, 0.4) is 0 Å². The maximum atomic E-state index is 12.3. The maximum Gasteiger partial charge on any atom is 0.260 e. The molecule has 6 heteroatoms. The number of halogens is 2. The second kappa shape index (κ2) is 7.90. The van der Waals surface area contributed by atoms with E-state index < -0.39 is 0 Å². The minimum Gasteiger partial charge on any atom is -0.483 e. The summed E-state index contributed by atoms with van der Waals surface area (Å²) >= 11 is 9.66. The van der Waals surface area contributed by atoms with E-state index in [1.54, 1.807) is 0 Å². The Hall–Kier alpha value is -1.72. The van der Waals surface area contributed by atoms with Gasteiger partial charge in [-0.25, -0.2) is 0 Å². The summed E-state index contributed by atoms with van der Waals surface area (Å²) in [5, 5.41) is 0.745. The van der Waals surface area contributed by atoms with Crippen molar-refractivity contribution in [2.75, 3.05) is 37.7 Å². The van der Waals surface area contributed by atoms with Crippen LogP contribution in [0.1, 0.15) is 0 Å². The Morgan fingerprint density at radius 3 is 2.42 bits per heavy atom. The average molecular weight is 410 g/mol. The summed E-state index contributed by atoms with van der Waals surface area (Å²) in [7, 11) is 0. The highest BCUT2D eigenvalue weighted by molar-refractivity contribution is 9.10. The van der Waals surface area contributed by atoms with Crippen LogP contribution in [-0.2, 0) is 4.79 Å². The van der Waals surface area contributed by atoms with Crippen molar-refractivity contribution in [1.82, 2.24) is 4.90 Å². The zero-order valence-electron chi connectivity index (χ0n) is 13.1. The Labute approximate surface area is 155 Å². The summed E-state index contributed by atoms with van der Waals surface area (Å²) in [4.78, 5) is 16.4. The normalized spacial score (nSPS) is 14.6. The van der Waals surface area contributed by atoms with Gasteiger partial charge in [-0.05, 0) is 40.2 Å². The first kappa shape index (κ1) is 17.1. The summed E-state index contributed by atoms with van der Waals surface area (Å²) in [5.74, 6) is 0.685. The van der Waals surface area contributed by atoms with Crippen molar-refractivity contribution < 1.29 is 9.53 Å². The smallest absolute Gasteiger partial charge is 0.260 e. The molecule has 1 fully saturated rings. The molecule has 0 bridgehead atoms. The molecule has 3 rings (SSSR count). The number of rotatable bonds is 4. The fourth-order valence-corrected chi connectivity index (χ4v) is 3.35. The lowest BCUT2D eigenvalue weighted by Gasteiger charge is -2.36. The maximum absolute atomic E-state index is 12.3. The molecule has 0 radical (unpaired) electrons. The first-order valence-electron chi connectivity index (χ1n) is 7.80. The van der Waals surface area contributed by atoms with Gasteiger partial charge in [0.1, 0.15) is 5.75 Å². The largest absolute Gasteiger partial charge is 0.483 e. The third-order valence-electron chi connectivity index (χ3n) is 4.01. The number of hydrogen-bond acceptors (Lipinski definition) is 3. The van der Waals surface area contributed by atoms with Gasteiger partial charge < -0.3 is 14.5 Å². The van der Waals surface area contributed by atoms with Crippen LogP contribution >= 0.6 is 27.5 Å². The van der Waals surface area contributed by atoms with Crippen molar-refractivity contribution in [2.24, 2.45) is 0 Å². The standard InChI is InChI=1S/C18H18BrClN2O2/c19-14-5-1-4-8-17(14)24-13-18(23)22-11-9-21(10-12-22)16-7-3-2-6-15(16)20/h1-8H,9-13H2. The van der Waals surface area contributed by atoms with Crippen molar-refractivity contribution in [2.45, 2.75) is 0 Å². The van der Waals surface area contributed by atoms with Gasteiger partial charge in [-0.2, -0.15) is 0 Å². The predicted molar refractivity (Wildman–Crippen MR) is 99.9 cm³/mol. The Morgan fingerprint density at radius 1 is 1.04 bits per heavy atom. The molecule has 24 heavy (non-hydrogen) atoms. The molecule has 1 aliphatic rings. The number of carbonyl (C=O) groups is 1. The van der Waals surface area contributed by atoms with Crippen molar-refractivity contribution in [1.29, 1.82) is 0 Å².